The maximum Gasteiger partial charge on any atom is 0.150 e. The maximum absolute atomic E-state index is 10.9. The molecule has 0 radical (unpaired) electrons. The van der Waals surface area contributed by atoms with Gasteiger partial charge < -0.3 is 15.7 Å². The van der Waals surface area contributed by atoms with E-state index in [0.717, 1.165) is 44.8 Å². The molecule has 6 rings (SSSR count). The molecule has 1 saturated carbocycles. The van der Waals surface area contributed by atoms with Crippen molar-refractivity contribution in [3.8, 4) is 22.5 Å². The monoisotopic (exact) mass is 464 g/mol. The van der Waals surface area contributed by atoms with Crippen LogP contribution in [-0.4, -0.2) is 55.6 Å². The molecule has 7 nitrogen and oxygen atoms in total. The lowest BCUT2D eigenvalue weighted by molar-refractivity contribution is -0.0664. The third-order valence-electron chi connectivity index (χ3n) is 6.87. The number of aromatic nitrogens is 4. The smallest absolute Gasteiger partial charge is 0.150 e. The molecule has 5 aromatic rings. The van der Waals surface area contributed by atoms with Crippen LogP contribution in [0.25, 0.3) is 38.9 Å². The first-order valence-electron chi connectivity index (χ1n) is 11.9. The molecule has 1 fully saturated rings. The fourth-order valence-electron chi connectivity index (χ4n) is 5.37. The van der Waals surface area contributed by atoms with E-state index in [9.17, 15) is 5.11 Å². The molecule has 0 spiro atoms. The number of rotatable bonds is 5. The third kappa shape index (κ3) is 3.83. The van der Waals surface area contributed by atoms with Gasteiger partial charge in [0.05, 0.1) is 16.8 Å². The lowest BCUT2D eigenvalue weighted by Gasteiger charge is -2.44. The van der Waals surface area contributed by atoms with Crippen LogP contribution in [0.3, 0.4) is 0 Å². The SMILES string of the molecule is CN(C)C[C@]1(O)C[C@H](c2nc(-c3ccc4ccc(-c5ccccc5)nc4c3)c3c(N)nccn32)C1. The number of aliphatic hydroxyl groups is 1. The van der Waals surface area contributed by atoms with E-state index in [1.807, 2.05) is 47.8 Å². The summed E-state index contributed by atoms with van der Waals surface area (Å²) in [5.74, 6) is 1.51. The van der Waals surface area contributed by atoms with E-state index < -0.39 is 5.60 Å². The van der Waals surface area contributed by atoms with Crippen molar-refractivity contribution in [3.63, 3.8) is 0 Å². The van der Waals surface area contributed by atoms with Gasteiger partial charge in [0.1, 0.15) is 22.9 Å². The van der Waals surface area contributed by atoms with Gasteiger partial charge in [-0.15, -0.1) is 0 Å². The molecule has 0 saturated heterocycles. The van der Waals surface area contributed by atoms with E-state index in [1.165, 1.54) is 0 Å². The molecule has 7 heteroatoms. The Morgan fingerprint density at radius 2 is 1.80 bits per heavy atom. The highest BCUT2D eigenvalue weighted by Crippen LogP contribution is 2.46. The molecule has 0 atom stereocenters. The molecule has 0 bridgehead atoms. The molecule has 3 N–H and O–H groups in total. The number of hydrogen-bond donors (Lipinski definition) is 2. The summed E-state index contributed by atoms with van der Waals surface area (Å²) in [5, 5.41) is 11.9. The van der Waals surface area contributed by atoms with Crippen LogP contribution in [0.4, 0.5) is 5.82 Å². The zero-order valence-corrected chi connectivity index (χ0v) is 19.9. The molecule has 1 aliphatic carbocycles. The maximum atomic E-state index is 10.9. The fraction of sp³-hybridized carbons (Fsp3) is 0.250. The van der Waals surface area contributed by atoms with Crippen LogP contribution in [-0.2, 0) is 0 Å². The number of nitrogen functional groups attached to an aromatic ring is 1. The number of likely N-dealkylation sites (N-methyl/N-ethyl adjacent to an activating group) is 1. The number of imidazole rings is 1. The Bertz CT molecular complexity index is 1540. The van der Waals surface area contributed by atoms with Crippen molar-refractivity contribution in [3.05, 3.63) is 78.9 Å². The highest BCUT2D eigenvalue weighted by Gasteiger charge is 2.45. The van der Waals surface area contributed by atoms with E-state index in [2.05, 4.69) is 47.4 Å². The van der Waals surface area contributed by atoms with Crippen molar-refractivity contribution in [2.75, 3.05) is 26.4 Å². The lowest BCUT2D eigenvalue weighted by Crippen LogP contribution is -2.50. The number of hydrogen-bond acceptors (Lipinski definition) is 6. The largest absolute Gasteiger partial charge is 0.389 e. The first kappa shape index (κ1) is 21.7. The second-order valence-corrected chi connectivity index (χ2v) is 9.89. The van der Waals surface area contributed by atoms with Crippen molar-refractivity contribution in [1.82, 2.24) is 24.3 Å². The zero-order chi connectivity index (χ0) is 24.2. The van der Waals surface area contributed by atoms with Crippen LogP contribution in [0, 0.1) is 0 Å². The molecular weight excluding hydrogens is 436 g/mol. The predicted octanol–water partition coefficient (Wildman–Crippen LogP) is 4.36. The number of nitrogens with zero attached hydrogens (tertiary/aromatic N) is 5. The van der Waals surface area contributed by atoms with Gasteiger partial charge >= 0.3 is 0 Å². The van der Waals surface area contributed by atoms with Gasteiger partial charge in [-0.05, 0) is 39.1 Å². The van der Waals surface area contributed by atoms with E-state index in [4.69, 9.17) is 15.7 Å². The summed E-state index contributed by atoms with van der Waals surface area (Å²) in [6, 6.07) is 20.5. The highest BCUT2D eigenvalue weighted by atomic mass is 16.3. The minimum Gasteiger partial charge on any atom is -0.389 e. The second-order valence-electron chi connectivity index (χ2n) is 9.89. The Kier molecular flexibility index (Phi) is 5.05. The van der Waals surface area contributed by atoms with Crippen LogP contribution in [0.1, 0.15) is 24.6 Å². The molecule has 0 unspecified atom stereocenters. The first-order chi connectivity index (χ1) is 16.9. The Morgan fingerprint density at radius 3 is 2.57 bits per heavy atom. The predicted molar refractivity (Wildman–Crippen MR) is 139 cm³/mol. The quantitative estimate of drug-likeness (QED) is 0.401. The summed E-state index contributed by atoms with van der Waals surface area (Å²) in [7, 11) is 3.97. The van der Waals surface area contributed by atoms with Gasteiger partial charge in [0, 0.05) is 41.4 Å². The van der Waals surface area contributed by atoms with E-state index in [1.54, 1.807) is 6.20 Å². The van der Waals surface area contributed by atoms with Crippen molar-refractivity contribution < 1.29 is 5.11 Å². The topological polar surface area (TPSA) is 92.6 Å². The average molecular weight is 465 g/mol. The molecule has 3 heterocycles. The fourth-order valence-corrected chi connectivity index (χ4v) is 5.37. The summed E-state index contributed by atoms with van der Waals surface area (Å²) in [6.45, 7) is 0.642. The summed E-state index contributed by atoms with van der Waals surface area (Å²) in [5.41, 5.74) is 11.1. The number of nitrogens with two attached hydrogens (primary N) is 1. The molecule has 1 aliphatic rings. The van der Waals surface area contributed by atoms with E-state index in [0.29, 0.717) is 25.2 Å². The molecule has 2 aromatic carbocycles. The van der Waals surface area contributed by atoms with Gasteiger partial charge in [0.25, 0.3) is 0 Å². The molecule has 0 aliphatic heterocycles. The Hall–Kier alpha value is -3.81. The number of anilines is 1. The van der Waals surface area contributed by atoms with Crippen LogP contribution >= 0.6 is 0 Å². The summed E-state index contributed by atoms with van der Waals surface area (Å²) in [6.07, 6.45) is 4.96. The lowest BCUT2D eigenvalue weighted by atomic mass is 9.70. The van der Waals surface area contributed by atoms with Crippen LogP contribution < -0.4 is 5.73 Å². The van der Waals surface area contributed by atoms with Crippen LogP contribution in [0.15, 0.2) is 73.1 Å². The average Bonchev–Trinajstić information content (AvgIpc) is 3.22. The Morgan fingerprint density at radius 1 is 1.03 bits per heavy atom. The van der Waals surface area contributed by atoms with Crippen molar-refractivity contribution in [2.45, 2.75) is 24.4 Å². The standard InChI is InChI=1S/C28H28N6O/c1-33(2)17-28(35)15-21(16-28)27-32-24(25-26(29)30-12-13-34(25)27)20-9-8-19-10-11-22(31-23(19)14-20)18-6-4-3-5-7-18/h3-14,21,35H,15-17H2,1-2H3,(H2,29,30)/t21-,28-. The number of benzene rings is 2. The Balaban J connectivity index is 1.43. The van der Waals surface area contributed by atoms with Crippen LogP contribution in [0.5, 0.6) is 0 Å². The third-order valence-corrected chi connectivity index (χ3v) is 6.87. The highest BCUT2D eigenvalue weighted by molar-refractivity contribution is 5.91. The van der Waals surface area contributed by atoms with Gasteiger partial charge in [0.15, 0.2) is 0 Å². The summed E-state index contributed by atoms with van der Waals surface area (Å²) >= 11 is 0. The van der Waals surface area contributed by atoms with Gasteiger partial charge in [-0.1, -0.05) is 48.5 Å². The number of fused-ring (bicyclic) bond motifs is 2. The molecule has 35 heavy (non-hydrogen) atoms. The minimum atomic E-state index is -0.681. The van der Waals surface area contributed by atoms with Crippen molar-refractivity contribution in [1.29, 1.82) is 0 Å². The zero-order valence-electron chi connectivity index (χ0n) is 19.9. The normalized spacial score (nSPS) is 19.9. The van der Waals surface area contributed by atoms with Crippen molar-refractivity contribution in [2.24, 2.45) is 0 Å². The molecular formula is C28H28N6O. The van der Waals surface area contributed by atoms with Crippen molar-refractivity contribution >= 4 is 22.2 Å². The van der Waals surface area contributed by atoms with Gasteiger partial charge in [-0.2, -0.15) is 0 Å². The van der Waals surface area contributed by atoms with Gasteiger partial charge in [-0.25, -0.2) is 15.0 Å². The van der Waals surface area contributed by atoms with E-state index in [-0.39, 0.29) is 5.92 Å². The molecule has 176 valence electrons. The van der Waals surface area contributed by atoms with E-state index >= 15 is 0 Å². The molecule has 0 amide bonds. The first-order valence-corrected chi connectivity index (χ1v) is 11.9. The van der Waals surface area contributed by atoms with Gasteiger partial charge in [0.2, 0.25) is 0 Å². The number of pyridine rings is 1. The van der Waals surface area contributed by atoms with Gasteiger partial charge in [-0.3, -0.25) is 4.40 Å². The molecule has 3 aromatic heterocycles. The minimum absolute atomic E-state index is 0.159. The Labute approximate surface area is 203 Å². The second kappa shape index (κ2) is 8.15. The van der Waals surface area contributed by atoms with Crippen LogP contribution in [0.2, 0.25) is 0 Å². The summed E-state index contributed by atoms with van der Waals surface area (Å²) in [4.78, 5) is 16.4. The summed E-state index contributed by atoms with van der Waals surface area (Å²) < 4.78 is 2.04.